The molecule has 0 spiro atoms. The molecule has 9 heteroatoms. The van der Waals surface area contributed by atoms with Gasteiger partial charge in [-0.25, -0.2) is 4.68 Å². The summed E-state index contributed by atoms with van der Waals surface area (Å²) in [5.41, 5.74) is 0. The Morgan fingerprint density at radius 1 is 1.21 bits per heavy atom. The Bertz CT molecular complexity index is 661. The molecule has 2 unspecified atom stereocenters. The Morgan fingerprint density at radius 3 is 2.64 bits per heavy atom. The number of nitrogens with zero attached hydrogens (tertiary/aromatic N) is 6. The second kappa shape index (κ2) is 10.2. The highest BCUT2D eigenvalue weighted by atomic mass is 32.1. The molecular formula is C19H32N6O2S. The number of aromatic nitrogens is 4. The number of rotatable bonds is 8. The van der Waals surface area contributed by atoms with Gasteiger partial charge in [0, 0.05) is 30.4 Å². The summed E-state index contributed by atoms with van der Waals surface area (Å²) >= 11 is 5.74. The first-order chi connectivity index (χ1) is 13.6. The van der Waals surface area contributed by atoms with Gasteiger partial charge in [0.2, 0.25) is 6.04 Å². The molecule has 0 bridgehead atoms. The second-order valence-corrected chi connectivity index (χ2v) is 8.54. The van der Waals surface area contributed by atoms with Crippen molar-refractivity contribution in [3.8, 4) is 0 Å². The summed E-state index contributed by atoms with van der Waals surface area (Å²) in [6.45, 7) is 3.15. The van der Waals surface area contributed by atoms with E-state index < -0.39 is 6.04 Å². The monoisotopic (exact) mass is 408 g/mol. The van der Waals surface area contributed by atoms with E-state index in [1.807, 2.05) is 0 Å². The molecule has 3 rings (SSSR count). The summed E-state index contributed by atoms with van der Waals surface area (Å²) in [7, 11) is 0. The van der Waals surface area contributed by atoms with Gasteiger partial charge < -0.3 is 4.90 Å². The van der Waals surface area contributed by atoms with Crippen LogP contribution in [0.25, 0.3) is 0 Å². The third-order valence-electron chi connectivity index (χ3n) is 6.31. The fraction of sp³-hybridized carbons (Fsp3) is 0.895. The summed E-state index contributed by atoms with van der Waals surface area (Å²) in [4.78, 5) is 14.7. The fourth-order valence-corrected chi connectivity index (χ4v) is 5.25. The standard InChI is InChI=1S/C19H32N6O2S/c1-2-23(15-9-4-3-5-10-15)19(28)14-8-13-18-20-21-22-24(18)16-11-6-7-12-17(16)25(26)27/h15-17H,2-14H2,1H3. The molecule has 0 aromatic carbocycles. The van der Waals surface area contributed by atoms with E-state index in [-0.39, 0.29) is 11.0 Å². The molecular weight excluding hydrogens is 376 g/mol. The van der Waals surface area contributed by atoms with Crippen molar-refractivity contribution in [2.24, 2.45) is 0 Å². The van der Waals surface area contributed by atoms with Crippen LogP contribution < -0.4 is 0 Å². The molecule has 0 N–H and O–H groups in total. The van der Waals surface area contributed by atoms with Gasteiger partial charge >= 0.3 is 0 Å². The van der Waals surface area contributed by atoms with E-state index in [9.17, 15) is 10.1 Å². The van der Waals surface area contributed by atoms with Crippen LogP contribution >= 0.6 is 12.2 Å². The van der Waals surface area contributed by atoms with Crippen molar-refractivity contribution in [2.45, 2.75) is 102 Å². The Kier molecular flexibility index (Phi) is 7.70. The number of tetrazole rings is 1. The largest absolute Gasteiger partial charge is 0.363 e. The van der Waals surface area contributed by atoms with Crippen molar-refractivity contribution < 1.29 is 4.92 Å². The molecule has 2 aliphatic carbocycles. The molecule has 28 heavy (non-hydrogen) atoms. The first-order valence-corrected chi connectivity index (χ1v) is 11.2. The van der Waals surface area contributed by atoms with Gasteiger partial charge in [0.05, 0.1) is 4.99 Å². The summed E-state index contributed by atoms with van der Waals surface area (Å²) in [5, 5.41) is 23.5. The lowest BCUT2D eigenvalue weighted by Gasteiger charge is -2.35. The van der Waals surface area contributed by atoms with Gasteiger partial charge in [0.15, 0.2) is 5.82 Å². The maximum absolute atomic E-state index is 11.4. The lowest BCUT2D eigenvalue weighted by Crippen LogP contribution is -2.40. The van der Waals surface area contributed by atoms with Crippen molar-refractivity contribution in [3.05, 3.63) is 15.9 Å². The lowest BCUT2D eigenvalue weighted by atomic mass is 9.90. The predicted octanol–water partition coefficient (Wildman–Crippen LogP) is 3.74. The first-order valence-electron chi connectivity index (χ1n) is 10.8. The first kappa shape index (κ1) is 21.1. The van der Waals surface area contributed by atoms with Gasteiger partial charge in [-0.15, -0.1) is 5.10 Å². The Morgan fingerprint density at radius 2 is 1.93 bits per heavy atom. The summed E-state index contributed by atoms with van der Waals surface area (Å²) in [5.74, 6) is 0.752. The van der Waals surface area contributed by atoms with Gasteiger partial charge in [-0.2, -0.15) is 0 Å². The molecule has 2 atom stereocenters. The van der Waals surface area contributed by atoms with E-state index in [0.717, 1.165) is 49.5 Å². The zero-order valence-electron chi connectivity index (χ0n) is 16.8. The highest BCUT2D eigenvalue weighted by Crippen LogP contribution is 2.31. The van der Waals surface area contributed by atoms with Crippen LogP contribution in [0.3, 0.4) is 0 Å². The van der Waals surface area contributed by atoms with Gasteiger partial charge in [-0.05, 0) is 55.9 Å². The van der Waals surface area contributed by atoms with Crippen molar-refractivity contribution in [2.75, 3.05) is 6.54 Å². The molecule has 2 aliphatic rings. The third-order valence-corrected chi connectivity index (χ3v) is 6.75. The van der Waals surface area contributed by atoms with Crippen LogP contribution in [-0.4, -0.2) is 53.6 Å². The Hall–Kier alpha value is -1.64. The van der Waals surface area contributed by atoms with E-state index in [1.165, 1.54) is 32.1 Å². The summed E-state index contributed by atoms with van der Waals surface area (Å²) in [6, 6.07) is -0.214. The highest BCUT2D eigenvalue weighted by Gasteiger charge is 2.37. The van der Waals surface area contributed by atoms with Crippen molar-refractivity contribution in [1.82, 2.24) is 25.1 Å². The molecule has 0 aliphatic heterocycles. The number of thiocarbonyl (C=S) groups is 1. The number of hydrogen-bond acceptors (Lipinski definition) is 6. The van der Waals surface area contributed by atoms with E-state index in [0.29, 0.717) is 18.9 Å². The molecule has 8 nitrogen and oxygen atoms in total. The van der Waals surface area contributed by atoms with Gasteiger partial charge in [0.25, 0.3) is 0 Å². The van der Waals surface area contributed by atoms with Crippen LogP contribution in [0.15, 0.2) is 0 Å². The van der Waals surface area contributed by atoms with Crippen LogP contribution in [0.4, 0.5) is 0 Å². The SMILES string of the molecule is CCN(C(=S)CCCc1nnnn1C1CCCCC1[N+](=O)[O-])C1CCCCC1. The summed E-state index contributed by atoms with van der Waals surface area (Å²) < 4.78 is 1.72. The fourth-order valence-electron chi connectivity index (χ4n) is 4.83. The van der Waals surface area contributed by atoms with E-state index >= 15 is 0 Å². The average Bonchev–Trinajstić information content (AvgIpc) is 3.17. The van der Waals surface area contributed by atoms with Crippen LogP contribution in [0.1, 0.15) is 89.4 Å². The number of hydrogen-bond donors (Lipinski definition) is 0. The molecule has 0 radical (unpaired) electrons. The molecule has 2 saturated carbocycles. The Balaban J connectivity index is 1.56. The predicted molar refractivity (Wildman–Crippen MR) is 111 cm³/mol. The van der Waals surface area contributed by atoms with Gasteiger partial charge in [-0.1, -0.05) is 37.9 Å². The third kappa shape index (κ3) is 5.04. The van der Waals surface area contributed by atoms with E-state index in [2.05, 4.69) is 27.3 Å². The van der Waals surface area contributed by atoms with Crippen molar-refractivity contribution in [1.29, 1.82) is 0 Å². The van der Waals surface area contributed by atoms with Crippen LogP contribution in [0, 0.1) is 10.1 Å². The molecule has 156 valence electrons. The minimum Gasteiger partial charge on any atom is -0.363 e. The molecule has 0 saturated heterocycles. The van der Waals surface area contributed by atoms with Crippen LogP contribution in [0.2, 0.25) is 0 Å². The van der Waals surface area contributed by atoms with Gasteiger partial charge in [-0.3, -0.25) is 10.1 Å². The molecule has 1 aromatic rings. The normalized spacial score (nSPS) is 23.5. The number of aryl methyl sites for hydroxylation is 1. The lowest BCUT2D eigenvalue weighted by molar-refractivity contribution is -0.533. The zero-order chi connectivity index (χ0) is 19.9. The minimum atomic E-state index is -0.584. The van der Waals surface area contributed by atoms with Crippen molar-refractivity contribution >= 4 is 17.2 Å². The van der Waals surface area contributed by atoms with E-state index in [1.54, 1.807) is 4.68 Å². The average molecular weight is 409 g/mol. The van der Waals surface area contributed by atoms with Crippen LogP contribution in [-0.2, 0) is 6.42 Å². The quantitative estimate of drug-likeness (QED) is 0.368. The van der Waals surface area contributed by atoms with Crippen LogP contribution in [0.5, 0.6) is 0 Å². The second-order valence-electron chi connectivity index (χ2n) is 8.07. The summed E-state index contributed by atoms with van der Waals surface area (Å²) in [6.07, 6.45) is 12.1. The molecule has 2 fully saturated rings. The molecule has 1 aromatic heterocycles. The Labute approximate surface area is 172 Å². The topological polar surface area (TPSA) is 90.0 Å². The zero-order valence-corrected chi connectivity index (χ0v) is 17.6. The maximum Gasteiger partial charge on any atom is 0.235 e. The minimum absolute atomic E-state index is 0.159. The van der Waals surface area contributed by atoms with Crippen molar-refractivity contribution in [3.63, 3.8) is 0 Å². The molecule has 0 amide bonds. The maximum atomic E-state index is 11.4. The van der Waals surface area contributed by atoms with E-state index in [4.69, 9.17) is 12.2 Å². The van der Waals surface area contributed by atoms with Gasteiger partial charge in [0.1, 0.15) is 6.04 Å². The molecule has 1 heterocycles. The number of nitro groups is 1. The smallest absolute Gasteiger partial charge is 0.235 e. The highest BCUT2D eigenvalue weighted by molar-refractivity contribution is 7.80.